The molecular formula is C26H25N3O5. The van der Waals surface area contributed by atoms with Crippen LogP contribution in [0.15, 0.2) is 66.9 Å². The Morgan fingerprint density at radius 3 is 2.24 bits per heavy atom. The molecule has 0 aliphatic heterocycles. The first-order valence-electron chi connectivity index (χ1n) is 10.9. The van der Waals surface area contributed by atoms with Crippen LogP contribution in [-0.4, -0.2) is 40.7 Å². The molecule has 2 aromatic carbocycles. The van der Waals surface area contributed by atoms with Crippen LogP contribution in [0.25, 0.3) is 11.1 Å². The topological polar surface area (TPSA) is 118 Å². The summed E-state index contributed by atoms with van der Waals surface area (Å²) in [6.07, 6.45) is 0.249. The molecule has 174 valence electrons. The molecule has 1 atom stereocenters. The van der Waals surface area contributed by atoms with Crippen molar-refractivity contribution in [3.8, 4) is 11.1 Å². The van der Waals surface area contributed by atoms with Crippen LogP contribution in [-0.2, 0) is 20.9 Å². The molecule has 4 rings (SSSR count). The van der Waals surface area contributed by atoms with Gasteiger partial charge in [-0.2, -0.15) is 0 Å². The van der Waals surface area contributed by atoms with E-state index in [-0.39, 0.29) is 19.1 Å². The zero-order valence-electron chi connectivity index (χ0n) is 18.7. The molecule has 0 spiro atoms. The molecule has 3 aromatic rings. The third-order valence-electron chi connectivity index (χ3n) is 5.75. The number of aliphatic carboxylic acids is 1. The normalized spacial score (nSPS) is 12.9. The molecule has 1 aliphatic rings. The number of aromatic nitrogens is 1. The van der Waals surface area contributed by atoms with Crippen molar-refractivity contribution >= 4 is 18.0 Å². The Hall–Kier alpha value is -4.20. The van der Waals surface area contributed by atoms with Crippen LogP contribution < -0.4 is 10.6 Å². The van der Waals surface area contributed by atoms with Crippen LogP contribution in [0, 0.1) is 6.92 Å². The van der Waals surface area contributed by atoms with E-state index in [0.29, 0.717) is 5.69 Å². The second kappa shape index (κ2) is 10.2. The highest BCUT2D eigenvalue weighted by Crippen LogP contribution is 2.44. The minimum absolute atomic E-state index is 0.0640. The molecule has 1 unspecified atom stereocenters. The van der Waals surface area contributed by atoms with Gasteiger partial charge in [-0.05, 0) is 40.8 Å². The number of nitrogens with zero attached hydrogens (tertiary/aromatic N) is 1. The van der Waals surface area contributed by atoms with Crippen molar-refractivity contribution in [2.45, 2.75) is 31.8 Å². The number of alkyl carbamates (subject to hydrolysis) is 1. The zero-order valence-corrected chi connectivity index (χ0v) is 18.7. The molecule has 8 nitrogen and oxygen atoms in total. The largest absolute Gasteiger partial charge is 0.481 e. The SMILES string of the molecule is Cc1ccc(CNC(=O)C(CC(=O)O)NC(=O)OCC2c3ccccc3-c3ccccc32)nc1. The first-order valence-corrected chi connectivity index (χ1v) is 10.9. The quantitative estimate of drug-likeness (QED) is 0.475. The van der Waals surface area contributed by atoms with Crippen LogP contribution in [0.5, 0.6) is 0 Å². The molecule has 1 heterocycles. The lowest BCUT2D eigenvalue weighted by Crippen LogP contribution is -2.48. The highest BCUT2D eigenvalue weighted by Gasteiger charge is 2.30. The van der Waals surface area contributed by atoms with Gasteiger partial charge < -0.3 is 20.5 Å². The van der Waals surface area contributed by atoms with E-state index < -0.39 is 30.4 Å². The number of pyridine rings is 1. The summed E-state index contributed by atoms with van der Waals surface area (Å²) in [5, 5.41) is 14.2. The van der Waals surface area contributed by atoms with Gasteiger partial charge in [0, 0.05) is 12.1 Å². The van der Waals surface area contributed by atoms with Gasteiger partial charge in [-0.1, -0.05) is 54.6 Å². The predicted molar refractivity (Wildman–Crippen MR) is 125 cm³/mol. The lowest BCUT2D eigenvalue weighted by atomic mass is 9.98. The summed E-state index contributed by atoms with van der Waals surface area (Å²) < 4.78 is 5.44. The van der Waals surface area contributed by atoms with E-state index in [9.17, 15) is 19.5 Å². The number of aryl methyl sites for hydroxylation is 1. The smallest absolute Gasteiger partial charge is 0.407 e. The molecular weight excluding hydrogens is 434 g/mol. The maximum absolute atomic E-state index is 12.6. The molecule has 34 heavy (non-hydrogen) atoms. The molecule has 0 saturated carbocycles. The number of hydrogen-bond donors (Lipinski definition) is 3. The number of nitrogens with one attached hydrogen (secondary N) is 2. The van der Waals surface area contributed by atoms with Crippen molar-refractivity contribution in [3.05, 3.63) is 89.2 Å². The molecule has 0 saturated heterocycles. The monoisotopic (exact) mass is 459 g/mol. The van der Waals surface area contributed by atoms with Gasteiger partial charge in [0.05, 0.1) is 18.7 Å². The Morgan fingerprint density at radius 2 is 1.65 bits per heavy atom. The number of carbonyl (C=O) groups excluding carboxylic acids is 2. The molecule has 8 heteroatoms. The number of rotatable bonds is 8. The fourth-order valence-corrected chi connectivity index (χ4v) is 4.07. The first-order chi connectivity index (χ1) is 16.4. The number of carboxylic acids is 1. The third kappa shape index (κ3) is 5.23. The van der Waals surface area contributed by atoms with Gasteiger partial charge in [0.2, 0.25) is 5.91 Å². The van der Waals surface area contributed by atoms with Gasteiger partial charge in [0.1, 0.15) is 12.6 Å². The maximum Gasteiger partial charge on any atom is 0.407 e. The minimum atomic E-state index is -1.28. The molecule has 0 fully saturated rings. The van der Waals surface area contributed by atoms with Crippen molar-refractivity contribution in [2.75, 3.05) is 6.61 Å². The summed E-state index contributed by atoms with van der Waals surface area (Å²) in [5.41, 5.74) is 5.91. The van der Waals surface area contributed by atoms with Crippen LogP contribution in [0.1, 0.15) is 34.7 Å². The second-order valence-electron chi connectivity index (χ2n) is 8.17. The van der Waals surface area contributed by atoms with Gasteiger partial charge in [0.25, 0.3) is 0 Å². The second-order valence-corrected chi connectivity index (χ2v) is 8.17. The Kier molecular flexibility index (Phi) is 6.87. The average Bonchev–Trinajstić information content (AvgIpc) is 3.15. The third-order valence-corrected chi connectivity index (χ3v) is 5.75. The van der Waals surface area contributed by atoms with Gasteiger partial charge in [-0.25, -0.2) is 4.79 Å². The fraction of sp³-hybridized carbons (Fsp3) is 0.231. The summed E-state index contributed by atoms with van der Waals surface area (Å²) in [7, 11) is 0. The Bertz CT molecular complexity index is 1160. The number of benzene rings is 2. The highest BCUT2D eigenvalue weighted by atomic mass is 16.5. The van der Waals surface area contributed by atoms with Crippen LogP contribution in [0.2, 0.25) is 0 Å². The maximum atomic E-state index is 12.6. The highest BCUT2D eigenvalue weighted by molar-refractivity contribution is 5.89. The fourth-order valence-electron chi connectivity index (χ4n) is 4.07. The van der Waals surface area contributed by atoms with Crippen molar-refractivity contribution in [3.63, 3.8) is 0 Å². The van der Waals surface area contributed by atoms with Crippen LogP contribution in [0.4, 0.5) is 4.79 Å². The summed E-state index contributed by atoms with van der Waals surface area (Å²) in [4.78, 5) is 40.5. The number of amides is 2. The van der Waals surface area contributed by atoms with E-state index in [1.54, 1.807) is 12.3 Å². The standard InChI is InChI=1S/C26H25N3O5/c1-16-10-11-17(27-13-16)14-28-25(32)23(12-24(30)31)29-26(33)34-15-22-20-8-4-2-6-18(20)19-7-3-5-9-21(19)22/h2-11,13,22-23H,12,14-15H2,1H3,(H,28,32)(H,29,33)(H,30,31). The lowest BCUT2D eigenvalue weighted by Gasteiger charge is -2.18. The number of hydrogen-bond acceptors (Lipinski definition) is 5. The Labute approximate surface area is 197 Å². The van der Waals surface area contributed by atoms with Crippen molar-refractivity contribution in [2.24, 2.45) is 0 Å². The van der Waals surface area contributed by atoms with E-state index >= 15 is 0 Å². The first kappa shape index (κ1) is 23.0. The van der Waals surface area contributed by atoms with Gasteiger partial charge in [0.15, 0.2) is 0 Å². The number of carbonyl (C=O) groups is 3. The van der Waals surface area contributed by atoms with Crippen LogP contribution in [0.3, 0.4) is 0 Å². The van der Waals surface area contributed by atoms with Crippen molar-refractivity contribution in [1.29, 1.82) is 0 Å². The summed E-state index contributed by atoms with van der Waals surface area (Å²) in [6, 6.07) is 18.2. The van der Waals surface area contributed by atoms with E-state index in [2.05, 4.69) is 15.6 Å². The average molecular weight is 460 g/mol. The van der Waals surface area contributed by atoms with E-state index in [4.69, 9.17) is 4.74 Å². The van der Waals surface area contributed by atoms with Crippen LogP contribution >= 0.6 is 0 Å². The van der Waals surface area contributed by atoms with Crippen molar-refractivity contribution in [1.82, 2.24) is 15.6 Å². The molecule has 1 aromatic heterocycles. The molecule has 0 bridgehead atoms. The van der Waals surface area contributed by atoms with E-state index in [1.807, 2.05) is 61.5 Å². The Balaban J connectivity index is 1.38. The van der Waals surface area contributed by atoms with E-state index in [0.717, 1.165) is 27.8 Å². The molecule has 0 radical (unpaired) electrons. The number of fused-ring (bicyclic) bond motifs is 3. The zero-order chi connectivity index (χ0) is 24.1. The van der Waals surface area contributed by atoms with Gasteiger partial charge in [-0.15, -0.1) is 0 Å². The molecule has 3 N–H and O–H groups in total. The number of carboxylic acid groups (broad SMARTS) is 1. The minimum Gasteiger partial charge on any atom is -0.481 e. The van der Waals surface area contributed by atoms with Gasteiger partial charge in [-0.3, -0.25) is 14.6 Å². The summed E-state index contributed by atoms with van der Waals surface area (Å²) in [5.74, 6) is -1.98. The Morgan fingerprint density at radius 1 is 1.00 bits per heavy atom. The summed E-state index contributed by atoms with van der Waals surface area (Å²) in [6.45, 7) is 2.08. The summed E-state index contributed by atoms with van der Waals surface area (Å²) >= 11 is 0. The number of ether oxygens (including phenoxy) is 1. The molecule has 2 amide bonds. The van der Waals surface area contributed by atoms with Gasteiger partial charge >= 0.3 is 12.1 Å². The predicted octanol–water partition coefficient (Wildman–Crippen LogP) is 3.39. The van der Waals surface area contributed by atoms with E-state index in [1.165, 1.54) is 0 Å². The van der Waals surface area contributed by atoms with Crippen molar-refractivity contribution < 1.29 is 24.2 Å². The lowest BCUT2D eigenvalue weighted by molar-refractivity contribution is -0.139. The molecule has 1 aliphatic carbocycles.